The molecule has 1 fully saturated rings. The summed E-state index contributed by atoms with van der Waals surface area (Å²) < 4.78 is 0. The summed E-state index contributed by atoms with van der Waals surface area (Å²) in [5, 5.41) is 3.55. The number of nitrogens with zero attached hydrogens (tertiary/aromatic N) is 1. The number of nitrogens with one attached hydrogen (secondary N) is 1. The van der Waals surface area contributed by atoms with Crippen LogP contribution < -0.4 is 10.2 Å². The fourth-order valence-corrected chi connectivity index (χ4v) is 2.96. The number of anilines is 2. The van der Waals surface area contributed by atoms with Gasteiger partial charge in [-0.3, -0.25) is 0 Å². The molecule has 0 amide bonds. The molecule has 1 aliphatic heterocycles. The molecular weight excluding hydrogens is 256 g/mol. The largest absolute Gasteiger partial charge is 0.385 e. The number of hydrogen-bond donors (Lipinski definition) is 1. The van der Waals surface area contributed by atoms with Crippen molar-refractivity contribution in [3.05, 3.63) is 60.2 Å². The maximum Gasteiger partial charge on any atom is 0.0386 e. The van der Waals surface area contributed by atoms with Crippen molar-refractivity contribution in [3.8, 4) is 0 Å². The van der Waals surface area contributed by atoms with Crippen LogP contribution in [-0.4, -0.2) is 19.6 Å². The number of rotatable bonds is 6. The second kappa shape index (κ2) is 7.16. The van der Waals surface area contributed by atoms with Crippen molar-refractivity contribution in [2.45, 2.75) is 25.7 Å². The summed E-state index contributed by atoms with van der Waals surface area (Å²) in [4.78, 5) is 2.48. The van der Waals surface area contributed by atoms with Crippen LogP contribution in [0.15, 0.2) is 54.6 Å². The van der Waals surface area contributed by atoms with Crippen LogP contribution >= 0.6 is 0 Å². The monoisotopic (exact) mass is 280 g/mol. The molecule has 0 aliphatic carbocycles. The van der Waals surface area contributed by atoms with Gasteiger partial charge in [0, 0.05) is 31.0 Å². The van der Waals surface area contributed by atoms with Crippen LogP contribution in [0.25, 0.3) is 0 Å². The maximum absolute atomic E-state index is 3.55. The number of aryl methyl sites for hydroxylation is 1. The predicted octanol–water partition coefficient (Wildman–Crippen LogP) is 4.33. The van der Waals surface area contributed by atoms with Crippen LogP contribution in [-0.2, 0) is 6.42 Å². The normalized spacial score (nSPS) is 14.4. The van der Waals surface area contributed by atoms with Gasteiger partial charge < -0.3 is 10.2 Å². The lowest BCUT2D eigenvalue weighted by Gasteiger charge is -2.18. The smallest absolute Gasteiger partial charge is 0.0386 e. The molecule has 2 aromatic carbocycles. The summed E-state index contributed by atoms with van der Waals surface area (Å²) in [6, 6.07) is 19.5. The van der Waals surface area contributed by atoms with E-state index in [1.54, 1.807) is 0 Å². The Morgan fingerprint density at radius 1 is 0.905 bits per heavy atom. The molecule has 0 radical (unpaired) electrons. The Bertz CT molecular complexity index is 545. The van der Waals surface area contributed by atoms with Crippen molar-refractivity contribution >= 4 is 11.4 Å². The summed E-state index contributed by atoms with van der Waals surface area (Å²) in [5.41, 5.74) is 4.03. The minimum Gasteiger partial charge on any atom is -0.385 e. The quantitative estimate of drug-likeness (QED) is 0.792. The van der Waals surface area contributed by atoms with Crippen molar-refractivity contribution in [2.75, 3.05) is 29.9 Å². The van der Waals surface area contributed by atoms with E-state index in [-0.39, 0.29) is 0 Å². The Morgan fingerprint density at radius 2 is 1.71 bits per heavy atom. The maximum atomic E-state index is 3.55. The Kier molecular flexibility index (Phi) is 4.78. The molecule has 2 heteroatoms. The molecule has 0 unspecified atom stereocenters. The molecule has 1 heterocycles. The first-order valence-electron chi connectivity index (χ1n) is 8.05. The summed E-state index contributed by atoms with van der Waals surface area (Å²) in [6.07, 6.45) is 4.96. The second-order valence-corrected chi connectivity index (χ2v) is 5.76. The molecule has 0 atom stereocenters. The van der Waals surface area contributed by atoms with E-state index >= 15 is 0 Å². The van der Waals surface area contributed by atoms with Gasteiger partial charge in [-0.2, -0.15) is 0 Å². The summed E-state index contributed by atoms with van der Waals surface area (Å²) in [6.45, 7) is 3.44. The zero-order valence-corrected chi connectivity index (χ0v) is 12.6. The third kappa shape index (κ3) is 4.01. The molecule has 1 saturated heterocycles. The fourth-order valence-electron chi connectivity index (χ4n) is 2.96. The van der Waals surface area contributed by atoms with E-state index < -0.39 is 0 Å². The lowest BCUT2D eigenvalue weighted by Crippen LogP contribution is -2.17. The van der Waals surface area contributed by atoms with Gasteiger partial charge in [-0.1, -0.05) is 36.4 Å². The average molecular weight is 280 g/mol. The SMILES string of the molecule is c1ccc(CCCNc2cccc(N3CCCC3)c2)cc1. The Labute approximate surface area is 127 Å². The zero-order chi connectivity index (χ0) is 14.3. The van der Waals surface area contributed by atoms with Gasteiger partial charge in [0.15, 0.2) is 0 Å². The van der Waals surface area contributed by atoms with Gasteiger partial charge in [-0.25, -0.2) is 0 Å². The molecule has 0 bridgehead atoms. The van der Waals surface area contributed by atoms with Gasteiger partial charge in [0.1, 0.15) is 0 Å². The predicted molar refractivity (Wildman–Crippen MR) is 91.1 cm³/mol. The van der Waals surface area contributed by atoms with Gasteiger partial charge >= 0.3 is 0 Å². The van der Waals surface area contributed by atoms with Crippen LogP contribution in [0.3, 0.4) is 0 Å². The van der Waals surface area contributed by atoms with E-state index in [1.807, 2.05) is 0 Å². The summed E-state index contributed by atoms with van der Waals surface area (Å²) in [7, 11) is 0. The zero-order valence-electron chi connectivity index (χ0n) is 12.6. The highest BCUT2D eigenvalue weighted by Gasteiger charge is 2.12. The van der Waals surface area contributed by atoms with Crippen LogP contribution in [0, 0.1) is 0 Å². The fraction of sp³-hybridized carbons (Fsp3) is 0.368. The van der Waals surface area contributed by atoms with Crippen molar-refractivity contribution in [1.29, 1.82) is 0 Å². The van der Waals surface area contributed by atoms with Crippen molar-refractivity contribution in [2.24, 2.45) is 0 Å². The molecule has 2 nitrogen and oxygen atoms in total. The number of benzene rings is 2. The molecule has 110 valence electrons. The molecule has 0 aromatic heterocycles. The second-order valence-electron chi connectivity index (χ2n) is 5.76. The van der Waals surface area contributed by atoms with Gasteiger partial charge in [-0.15, -0.1) is 0 Å². The van der Waals surface area contributed by atoms with Crippen LogP contribution in [0.2, 0.25) is 0 Å². The lowest BCUT2D eigenvalue weighted by molar-refractivity contribution is 0.863. The van der Waals surface area contributed by atoms with E-state index in [4.69, 9.17) is 0 Å². The summed E-state index contributed by atoms with van der Waals surface area (Å²) in [5.74, 6) is 0. The standard InChI is InChI=1S/C19H24N2/c1-2-8-17(9-3-1)10-7-13-20-18-11-6-12-19(16-18)21-14-4-5-15-21/h1-3,6,8-9,11-12,16,20H,4-5,7,10,13-15H2. The lowest BCUT2D eigenvalue weighted by atomic mass is 10.1. The van der Waals surface area contributed by atoms with E-state index in [2.05, 4.69) is 64.8 Å². The Morgan fingerprint density at radius 3 is 2.52 bits per heavy atom. The molecule has 1 aliphatic rings. The highest BCUT2D eigenvalue weighted by Crippen LogP contribution is 2.23. The molecule has 1 N–H and O–H groups in total. The van der Waals surface area contributed by atoms with Gasteiger partial charge in [0.05, 0.1) is 0 Å². The van der Waals surface area contributed by atoms with E-state index in [9.17, 15) is 0 Å². The van der Waals surface area contributed by atoms with Crippen molar-refractivity contribution in [1.82, 2.24) is 0 Å². The third-order valence-corrected chi connectivity index (χ3v) is 4.13. The average Bonchev–Trinajstić information content (AvgIpc) is 3.07. The molecule has 0 saturated carbocycles. The van der Waals surface area contributed by atoms with Crippen molar-refractivity contribution < 1.29 is 0 Å². The highest BCUT2D eigenvalue weighted by atomic mass is 15.1. The first kappa shape index (κ1) is 14.0. The third-order valence-electron chi connectivity index (χ3n) is 4.13. The highest BCUT2D eigenvalue weighted by molar-refractivity contribution is 5.58. The van der Waals surface area contributed by atoms with E-state index in [0.29, 0.717) is 0 Å². The minimum absolute atomic E-state index is 1.03. The summed E-state index contributed by atoms with van der Waals surface area (Å²) >= 11 is 0. The van der Waals surface area contributed by atoms with Crippen molar-refractivity contribution in [3.63, 3.8) is 0 Å². The van der Waals surface area contributed by atoms with Crippen LogP contribution in [0.5, 0.6) is 0 Å². The molecule has 3 rings (SSSR count). The van der Waals surface area contributed by atoms with Gasteiger partial charge in [0.2, 0.25) is 0 Å². The first-order valence-corrected chi connectivity index (χ1v) is 8.05. The number of hydrogen-bond acceptors (Lipinski definition) is 2. The van der Waals surface area contributed by atoms with Gasteiger partial charge in [-0.05, 0) is 49.4 Å². The topological polar surface area (TPSA) is 15.3 Å². The van der Waals surface area contributed by atoms with Crippen LogP contribution in [0.4, 0.5) is 11.4 Å². The van der Waals surface area contributed by atoms with Gasteiger partial charge in [0.25, 0.3) is 0 Å². The molecular formula is C19H24N2. The molecule has 0 spiro atoms. The molecule has 21 heavy (non-hydrogen) atoms. The van der Waals surface area contributed by atoms with E-state index in [0.717, 1.165) is 19.4 Å². The Hall–Kier alpha value is -1.96. The minimum atomic E-state index is 1.03. The van der Waals surface area contributed by atoms with E-state index in [1.165, 1.54) is 42.9 Å². The Balaban J connectivity index is 1.48. The molecule has 2 aromatic rings. The van der Waals surface area contributed by atoms with Crippen LogP contribution in [0.1, 0.15) is 24.8 Å². The first-order chi connectivity index (χ1) is 10.4.